The van der Waals surface area contributed by atoms with Crippen molar-refractivity contribution in [3.05, 3.63) is 35.6 Å². The topological polar surface area (TPSA) is 66.6 Å². The smallest absolute Gasteiger partial charge is 0.321 e. The zero-order valence-corrected chi connectivity index (χ0v) is 9.06. The van der Waals surface area contributed by atoms with E-state index >= 15 is 0 Å². The number of halogens is 1. The molecule has 0 aliphatic heterocycles. The molecule has 16 heavy (non-hydrogen) atoms. The van der Waals surface area contributed by atoms with Crippen molar-refractivity contribution in [1.29, 1.82) is 0 Å². The molecular formula is C11H15FN2O2. The van der Waals surface area contributed by atoms with Gasteiger partial charge in [-0.05, 0) is 13.1 Å². The number of carboxylic acid groups (broad SMARTS) is 1. The van der Waals surface area contributed by atoms with E-state index in [1.807, 2.05) is 0 Å². The molecule has 5 heteroatoms. The Morgan fingerprint density at radius 2 is 2.19 bits per heavy atom. The minimum Gasteiger partial charge on any atom is -0.480 e. The first-order chi connectivity index (χ1) is 7.50. The van der Waals surface area contributed by atoms with Crippen molar-refractivity contribution in [1.82, 2.24) is 4.90 Å². The van der Waals surface area contributed by atoms with Crippen molar-refractivity contribution >= 4 is 5.97 Å². The lowest BCUT2D eigenvalue weighted by molar-refractivity contribution is -0.138. The maximum atomic E-state index is 13.3. The molecule has 3 N–H and O–H groups in total. The summed E-state index contributed by atoms with van der Waals surface area (Å²) in [6, 6.07) is 5.45. The van der Waals surface area contributed by atoms with Crippen LogP contribution in [-0.4, -0.2) is 35.6 Å². The molecule has 1 aromatic carbocycles. The van der Waals surface area contributed by atoms with E-state index in [1.54, 1.807) is 30.1 Å². The molecule has 1 atom stereocenters. The van der Waals surface area contributed by atoms with Crippen LogP contribution in [0, 0.1) is 5.82 Å². The number of aliphatic carboxylic acids is 1. The number of nitrogens with two attached hydrogens (primary N) is 1. The second-order valence-electron chi connectivity index (χ2n) is 3.73. The van der Waals surface area contributed by atoms with E-state index < -0.39 is 12.0 Å². The second kappa shape index (κ2) is 5.58. The summed E-state index contributed by atoms with van der Waals surface area (Å²) in [7, 11) is 1.70. The molecule has 0 heterocycles. The van der Waals surface area contributed by atoms with Crippen molar-refractivity contribution in [2.75, 3.05) is 13.6 Å². The van der Waals surface area contributed by atoms with Gasteiger partial charge in [-0.25, -0.2) is 4.39 Å². The summed E-state index contributed by atoms with van der Waals surface area (Å²) in [4.78, 5) is 12.2. The summed E-state index contributed by atoms with van der Waals surface area (Å²) >= 11 is 0. The molecule has 1 rings (SSSR count). The molecule has 4 nitrogen and oxygen atoms in total. The molecule has 0 bridgehead atoms. The molecule has 0 spiro atoms. The van der Waals surface area contributed by atoms with E-state index in [-0.39, 0.29) is 12.4 Å². The first-order valence-electron chi connectivity index (χ1n) is 4.91. The molecule has 0 saturated heterocycles. The van der Waals surface area contributed by atoms with Crippen LogP contribution in [0.25, 0.3) is 0 Å². The van der Waals surface area contributed by atoms with Gasteiger partial charge in [-0.2, -0.15) is 0 Å². The zero-order chi connectivity index (χ0) is 12.1. The molecule has 88 valence electrons. The van der Waals surface area contributed by atoms with Gasteiger partial charge in [0.2, 0.25) is 0 Å². The van der Waals surface area contributed by atoms with Gasteiger partial charge >= 0.3 is 5.97 Å². The fourth-order valence-electron chi connectivity index (χ4n) is 1.40. The van der Waals surface area contributed by atoms with E-state index in [0.717, 1.165) is 0 Å². The molecule has 0 aliphatic carbocycles. The Balaban J connectivity index is 2.55. The normalized spacial score (nSPS) is 12.8. The summed E-state index contributed by atoms with van der Waals surface area (Å²) < 4.78 is 13.3. The van der Waals surface area contributed by atoms with Crippen LogP contribution < -0.4 is 5.73 Å². The number of hydrogen-bond donors (Lipinski definition) is 2. The number of carboxylic acids is 1. The van der Waals surface area contributed by atoms with Crippen molar-refractivity contribution in [2.45, 2.75) is 12.6 Å². The number of carbonyl (C=O) groups is 1. The quantitative estimate of drug-likeness (QED) is 0.774. The highest BCUT2D eigenvalue weighted by molar-refractivity contribution is 5.73. The number of hydrogen-bond acceptors (Lipinski definition) is 3. The van der Waals surface area contributed by atoms with E-state index in [9.17, 15) is 9.18 Å². The third kappa shape index (κ3) is 3.60. The summed E-state index contributed by atoms with van der Waals surface area (Å²) in [6.07, 6.45) is 0. The lowest BCUT2D eigenvalue weighted by atomic mass is 10.2. The second-order valence-corrected chi connectivity index (χ2v) is 3.73. The fourth-order valence-corrected chi connectivity index (χ4v) is 1.40. The van der Waals surface area contributed by atoms with E-state index in [4.69, 9.17) is 10.8 Å². The van der Waals surface area contributed by atoms with Crippen LogP contribution in [0.3, 0.4) is 0 Å². The van der Waals surface area contributed by atoms with Crippen LogP contribution in [0.4, 0.5) is 4.39 Å². The van der Waals surface area contributed by atoms with Crippen LogP contribution >= 0.6 is 0 Å². The van der Waals surface area contributed by atoms with Gasteiger partial charge in [-0.3, -0.25) is 9.69 Å². The lowest BCUT2D eigenvalue weighted by Crippen LogP contribution is -2.40. The highest BCUT2D eigenvalue weighted by Crippen LogP contribution is 2.08. The Kier molecular flexibility index (Phi) is 4.39. The van der Waals surface area contributed by atoms with Gasteiger partial charge in [-0.1, -0.05) is 18.2 Å². The standard InChI is InChI=1S/C11H15FN2O2/c1-14(7-10(13)11(15)16)6-8-4-2-3-5-9(8)12/h2-5,10H,6-7,13H2,1H3,(H,15,16). The van der Waals surface area contributed by atoms with Gasteiger partial charge in [0.05, 0.1) is 0 Å². The predicted octanol–water partition coefficient (Wildman–Crippen LogP) is 0.669. The highest BCUT2D eigenvalue weighted by Gasteiger charge is 2.14. The molecule has 1 unspecified atom stereocenters. The van der Waals surface area contributed by atoms with E-state index in [2.05, 4.69) is 0 Å². The van der Waals surface area contributed by atoms with Gasteiger partial charge in [0, 0.05) is 18.7 Å². The van der Waals surface area contributed by atoms with Crippen molar-refractivity contribution in [3.8, 4) is 0 Å². The molecule has 0 aliphatic rings. The SMILES string of the molecule is CN(Cc1ccccc1F)CC(N)C(=O)O. The average Bonchev–Trinajstić information content (AvgIpc) is 2.21. The Labute approximate surface area is 93.5 Å². The minimum atomic E-state index is -1.06. The molecule has 0 fully saturated rings. The number of rotatable bonds is 5. The van der Waals surface area contributed by atoms with Crippen LogP contribution in [0.2, 0.25) is 0 Å². The predicted molar refractivity (Wildman–Crippen MR) is 58.3 cm³/mol. The summed E-state index contributed by atoms with van der Waals surface area (Å²) in [5.41, 5.74) is 5.90. The van der Waals surface area contributed by atoms with Gasteiger partial charge < -0.3 is 10.8 Å². The molecule has 0 amide bonds. The molecule has 0 saturated carbocycles. The number of nitrogens with zero attached hydrogens (tertiary/aromatic N) is 1. The first-order valence-corrected chi connectivity index (χ1v) is 4.91. The average molecular weight is 226 g/mol. The molecule has 1 aromatic rings. The Morgan fingerprint density at radius 3 is 2.75 bits per heavy atom. The van der Waals surface area contributed by atoms with Crippen molar-refractivity contribution < 1.29 is 14.3 Å². The summed E-state index contributed by atoms with van der Waals surface area (Å²) in [5, 5.41) is 8.63. The highest BCUT2D eigenvalue weighted by atomic mass is 19.1. The molecule has 0 aromatic heterocycles. The van der Waals surface area contributed by atoms with Crippen molar-refractivity contribution in [2.24, 2.45) is 5.73 Å². The Morgan fingerprint density at radius 1 is 1.56 bits per heavy atom. The minimum absolute atomic E-state index is 0.184. The monoisotopic (exact) mass is 226 g/mol. The summed E-state index contributed by atoms with van der Waals surface area (Å²) in [6.45, 7) is 0.525. The Hall–Kier alpha value is -1.46. The van der Waals surface area contributed by atoms with Gasteiger partial charge in [-0.15, -0.1) is 0 Å². The molecule has 0 radical (unpaired) electrons. The van der Waals surface area contributed by atoms with Crippen molar-refractivity contribution in [3.63, 3.8) is 0 Å². The van der Waals surface area contributed by atoms with Crippen LogP contribution in [0.1, 0.15) is 5.56 Å². The third-order valence-electron chi connectivity index (χ3n) is 2.22. The lowest BCUT2D eigenvalue weighted by Gasteiger charge is -2.19. The Bertz CT molecular complexity index is 371. The fraction of sp³-hybridized carbons (Fsp3) is 0.364. The van der Waals surface area contributed by atoms with E-state index in [0.29, 0.717) is 12.1 Å². The molecular weight excluding hydrogens is 211 g/mol. The zero-order valence-electron chi connectivity index (χ0n) is 9.06. The van der Waals surface area contributed by atoms with Crippen LogP contribution in [0.5, 0.6) is 0 Å². The van der Waals surface area contributed by atoms with Crippen LogP contribution in [-0.2, 0) is 11.3 Å². The summed E-state index contributed by atoms with van der Waals surface area (Å²) in [5.74, 6) is -1.35. The van der Waals surface area contributed by atoms with Gasteiger partial charge in [0.25, 0.3) is 0 Å². The van der Waals surface area contributed by atoms with E-state index in [1.165, 1.54) is 6.07 Å². The number of likely N-dealkylation sites (N-methyl/N-ethyl adjacent to an activating group) is 1. The van der Waals surface area contributed by atoms with Crippen LogP contribution in [0.15, 0.2) is 24.3 Å². The maximum absolute atomic E-state index is 13.3. The van der Waals surface area contributed by atoms with Gasteiger partial charge in [0.1, 0.15) is 11.9 Å². The maximum Gasteiger partial charge on any atom is 0.321 e. The third-order valence-corrected chi connectivity index (χ3v) is 2.22. The van der Waals surface area contributed by atoms with Gasteiger partial charge in [0.15, 0.2) is 0 Å². The largest absolute Gasteiger partial charge is 0.480 e. The first kappa shape index (κ1) is 12.6. The number of benzene rings is 1.